The van der Waals surface area contributed by atoms with Crippen LogP contribution >= 0.6 is 0 Å². The fraction of sp³-hybridized carbons (Fsp3) is 0.436. The first kappa shape index (κ1) is 35.1. The van der Waals surface area contributed by atoms with Gasteiger partial charge in [0.1, 0.15) is 9.52 Å². The van der Waals surface area contributed by atoms with E-state index < -0.39 is 32.3 Å². The Morgan fingerprint density at radius 3 is 1.30 bits per heavy atom. The fourth-order valence-electron chi connectivity index (χ4n) is 6.21. The van der Waals surface area contributed by atoms with Gasteiger partial charge in [-0.1, -0.05) is 182 Å². The number of allylic oxidation sites excluding steroid dienone is 4. The van der Waals surface area contributed by atoms with Crippen LogP contribution < -0.4 is 25.9 Å². The highest BCUT2D eigenvalue weighted by molar-refractivity contribution is 6.92. The van der Waals surface area contributed by atoms with E-state index in [1.165, 1.54) is 38.6 Å². The minimum absolute atomic E-state index is 0.518. The summed E-state index contributed by atoms with van der Waals surface area (Å²) >= 11 is 0. The van der Waals surface area contributed by atoms with Crippen molar-refractivity contribution in [2.75, 3.05) is 0 Å². The van der Waals surface area contributed by atoms with Crippen molar-refractivity contribution in [1.82, 2.24) is 0 Å². The largest absolute Gasteiger partial charge is 0.117 e. The Hall–Kier alpha value is -1.78. The van der Waals surface area contributed by atoms with Crippen molar-refractivity contribution in [3.63, 3.8) is 0 Å². The summed E-state index contributed by atoms with van der Waals surface area (Å²) in [5, 5.41) is 9.49. The van der Waals surface area contributed by atoms with Gasteiger partial charge in [-0.2, -0.15) is 0 Å². The number of hydrogen-bond acceptors (Lipinski definition) is 0. The van der Waals surface area contributed by atoms with E-state index >= 15 is 0 Å². The topological polar surface area (TPSA) is 0 Å². The van der Waals surface area contributed by atoms with E-state index in [0.717, 1.165) is 0 Å². The van der Waals surface area contributed by atoms with Crippen LogP contribution in [0.3, 0.4) is 0 Å². The van der Waals surface area contributed by atoms with Gasteiger partial charge in [0.25, 0.3) is 0 Å². The number of rotatable bonds is 8. The van der Waals surface area contributed by atoms with Crippen LogP contribution in [0.5, 0.6) is 0 Å². The van der Waals surface area contributed by atoms with E-state index in [0.29, 0.717) is 15.4 Å². The normalized spacial score (nSPS) is 16.8. The van der Waals surface area contributed by atoms with Gasteiger partial charge in [-0.25, -0.2) is 0 Å². The molecule has 0 spiro atoms. The molecule has 2 radical (unpaired) electrons. The molecule has 0 N–H and O–H groups in total. The summed E-state index contributed by atoms with van der Waals surface area (Å²) in [4.78, 5) is 0. The SMILES string of the molecule is CC1=C(C)C(C)C([Si]c2cccc(-c3cc([Si](C)(C)C)cc([Si](C)(C)C)c3)c2-c2cc([Si](C)(C)C)cc([Si](C)(C)C)c2)=C1C. The molecule has 0 saturated heterocycles. The van der Waals surface area contributed by atoms with E-state index in [1.807, 2.05) is 0 Å². The van der Waals surface area contributed by atoms with E-state index in [1.54, 1.807) is 31.5 Å². The van der Waals surface area contributed by atoms with Gasteiger partial charge >= 0.3 is 0 Å². The Balaban J connectivity index is 2.12. The highest BCUT2D eigenvalue weighted by Gasteiger charge is 2.29. The van der Waals surface area contributed by atoms with Crippen molar-refractivity contribution in [2.45, 2.75) is 106 Å². The molecule has 1 atom stereocenters. The first-order chi connectivity index (χ1) is 20.0. The molecule has 0 bridgehead atoms. The van der Waals surface area contributed by atoms with Gasteiger partial charge in [0, 0.05) is 0 Å². The minimum Gasteiger partial charge on any atom is -0.0695 e. The molecule has 0 amide bonds. The Morgan fingerprint density at radius 1 is 0.523 bits per heavy atom. The third-order valence-electron chi connectivity index (χ3n) is 9.90. The highest BCUT2D eigenvalue weighted by atomic mass is 28.3. The van der Waals surface area contributed by atoms with Crippen LogP contribution in [0.2, 0.25) is 78.6 Å². The quantitative estimate of drug-likeness (QED) is 0.211. The van der Waals surface area contributed by atoms with Crippen LogP contribution in [0, 0.1) is 5.92 Å². The fourth-order valence-corrected chi connectivity index (χ4v) is 12.9. The van der Waals surface area contributed by atoms with Gasteiger partial charge in [0.2, 0.25) is 0 Å². The number of benzene rings is 3. The van der Waals surface area contributed by atoms with Gasteiger partial charge in [-0.3, -0.25) is 0 Å². The van der Waals surface area contributed by atoms with E-state index in [-0.39, 0.29) is 0 Å². The summed E-state index contributed by atoms with van der Waals surface area (Å²) in [6, 6.07) is 22.7. The Bertz CT molecular complexity index is 1580. The van der Waals surface area contributed by atoms with Crippen LogP contribution in [0.25, 0.3) is 22.3 Å². The lowest BCUT2D eigenvalue weighted by molar-refractivity contribution is 0.856. The highest BCUT2D eigenvalue weighted by Crippen LogP contribution is 2.37. The molecule has 0 nitrogen and oxygen atoms in total. The van der Waals surface area contributed by atoms with Crippen molar-refractivity contribution in [3.8, 4) is 22.3 Å². The molecule has 3 aromatic rings. The Labute approximate surface area is 277 Å². The average Bonchev–Trinajstić information content (AvgIpc) is 3.08. The molecule has 5 heteroatoms. The molecule has 0 fully saturated rings. The molecule has 0 aliphatic heterocycles. The predicted molar refractivity (Wildman–Crippen MR) is 215 cm³/mol. The van der Waals surface area contributed by atoms with Crippen molar-refractivity contribution < 1.29 is 0 Å². The first-order valence-electron chi connectivity index (χ1n) is 16.6. The zero-order valence-corrected chi connectivity index (χ0v) is 35.8. The molecule has 0 heterocycles. The monoisotopic (exact) mass is 666 g/mol. The third-order valence-corrected chi connectivity index (χ3v) is 19.8. The van der Waals surface area contributed by atoms with Gasteiger partial charge in [0.15, 0.2) is 0 Å². The summed E-state index contributed by atoms with van der Waals surface area (Å²) < 4.78 is 0. The van der Waals surface area contributed by atoms with Gasteiger partial charge in [0.05, 0.1) is 32.3 Å². The second-order valence-electron chi connectivity index (χ2n) is 17.5. The second-order valence-corrected chi connectivity index (χ2v) is 39.2. The molecule has 1 aliphatic rings. The lowest BCUT2D eigenvalue weighted by Gasteiger charge is -2.27. The third kappa shape index (κ3) is 7.28. The molecule has 1 unspecified atom stereocenters. The second kappa shape index (κ2) is 12.1. The zero-order valence-electron chi connectivity index (χ0n) is 30.8. The molecule has 4 rings (SSSR count). The molecule has 0 aromatic heterocycles. The maximum absolute atomic E-state index is 2.60. The number of hydrogen-bond donors (Lipinski definition) is 0. The van der Waals surface area contributed by atoms with Crippen LogP contribution in [0.1, 0.15) is 27.7 Å². The lowest BCUT2D eigenvalue weighted by Crippen LogP contribution is -2.45. The van der Waals surface area contributed by atoms with E-state index in [2.05, 4.69) is 161 Å². The van der Waals surface area contributed by atoms with Crippen molar-refractivity contribution >= 4 is 67.7 Å². The minimum atomic E-state index is -1.55. The maximum Gasteiger partial charge on any atom is 0.117 e. The summed E-state index contributed by atoms with van der Waals surface area (Å²) in [6.07, 6.45) is 0. The van der Waals surface area contributed by atoms with Crippen LogP contribution in [0.15, 0.2) is 76.5 Å². The smallest absolute Gasteiger partial charge is 0.0695 e. The van der Waals surface area contributed by atoms with Crippen LogP contribution in [-0.2, 0) is 0 Å². The van der Waals surface area contributed by atoms with Gasteiger partial charge in [-0.05, 0) is 54.5 Å². The molecular weight excluding hydrogens is 609 g/mol. The standard InChI is InChI=1S/C39H58Si5/c1-26-27(2)29(4)39(28(26)3)40-37-19-17-18-36(30-20-32(41(5,6)7)24-33(21-30)42(8,9)10)38(37)31-22-34(43(11,12)13)25-35(23-31)44(14,15)16/h17-25,28H,1-16H3. The van der Waals surface area contributed by atoms with Gasteiger partial charge < -0.3 is 0 Å². The van der Waals surface area contributed by atoms with Crippen LogP contribution in [0.4, 0.5) is 0 Å². The van der Waals surface area contributed by atoms with Crippen molar-refractivity contribution in [3.05, 3.63) is 76.5 Å². The van der Waals surface area contributed by atoms with Gasteiger partial charge in [-0.15, -0.1) is 0 Å². The average molecular weight is 667 g/mol. The molecule has 234 valence electrons. The van der Waals surface area contributed by atoms with E-state index in [4.69, 9.17) is 0 Å². The zero-order chi connectivity index (χ0) is 33.2. The Kier molecular flexibility index (Phi) is 9.65. The predicted octanol–water partition coefficient (Wildman–Crippen LogP) is 8.79. The first-order valence-corrected chi connectivity index (χ1v) is 31.6. The molecule has 0 saturated carbocycles. The maximum atomic E-state index is 2.60. The molecule has 1 aliphatic carbocycles. The molecule has 3 aromatic carbocycles. The Morgan fingerprint density at radius 2 is 0.932 bits per heavy atom. The van der Waals surface area contributed by atoms with Crippen LogP contribution in [-0.4, -0.2) is 41.8 Å². The van der Waals surface area contributed by atoms with E-state index in [9.17, 15) is 0 Å². The summed E-state index contributed by atoms with van der Waals surface area (Å²) in [7, 11) is -5.47. The molecule has 44 heavy (non-hydrogen) atoms. The molecular formula is C39H58Si5. The van der Waals surface area contributed by atoms with Crippen molar-refractivity contribution in [2.24, 2.45) is 5.92 Å². The summed E-state index contributed by atoms with van der Waals surface area (Å²) in [5.41, 5.74) is 10.3. The van der Waals surface area contributed by atoms with Crippen molar-refractivity contribution in [1.29, 1.82) is 0 Å². The summed E-state index contributed by atoms with van der Waals surface area (Å²) in [5.74, 6) is 0.518. The summed E-state index contributed by atoms with van der Waals surface area (Å²) in [6.45, 7) is 39.6. The lowest BCUT2D eigenvalue weighted by atomic mass is 9.94.